The van der Waals surface area contributed by atoms with E-state index in [4.69, 9.17) is 0 Å². The Morgan fingerprint density at radius 2 is 1.90 bits per heavy atom. The van der Waals surface area contributed by atoms with Gasteiger partial charge in [0.2, 0.25) is 11.8 Å². The Labute approximate surface area is 121 Å². The van der Waals surface area contributed by atoms with Gasteiger partial charge in [0, 0.05) is 6.54 Å². The van der Waals surface area contributed by atoms with Crippen molar-refractivity contribution in [3.63, 3.8) is 0 Å². The lowest BCUT2D eigenvalue weighted by Crippen LogP contribution is -2.37. The summed E-state index contributed by atoms with van der Waals surface area (Å²) >= 11 is 0. The third-order valence-corrected chi connectivity index (χ3v) is 3.00. The van der Waals surface area contributed by atoms with Crippen LogP contribution in [0.15, 0.2) is 24.3 Å². The van der Waals surface area contributed by atoms with Gasteiger partial charge in [-0.2, -0.15) is 0 Å². The maximum Gasteiger partial charge on any atom is 0.239 e. The van der Waals surface area contributed by atoms with E-state index in [0.717, 1.165) is 30.4 Å². The van der Waals surface area contributed by atoms with Crippen molar-refractivity contribution >= 4 is 11.8 Å². The molecule has 0 saturated carbocycles. The zero-order valence-electron chi connectivity index (χ0n) is 12.4. The molecule has 2 amide bonds. The van der Waals surface area contributed by atoms with Crippen molar-refractivity contribution < 1.29 is 9.59 Å². The number of benzene rings is 1. The predicted molar refractivity (Wildman–Crippen MR) is 80.4 cm³/mol. The first-order valence-corrected chi connectivity index (χ1v) is 7.20. The summed E-state index contributed by atoms with van der Waals surface area (Å²) < 4.78 is 0. The molecule has 0 aliphatic carbocycles. The normalized spacial score (nSPS) is 10.1. The highest BCUT2D eigenvalue weighted by molar-refractivity contribution is 5.85. The topological polar surface area (TPSA) is 58.2 Å². The van der Waals surface area contributed by atoms with Gasteiger partial charge in [0.15, 0.2) is 0 Å². The summed E-state index contributed by atoms with van der Waals surface area (Å²) in [6.45, 7) is 4.84. The van der Waals surface area contributed by atoms with Gasteiger partial charge in [0.1, 0.15) is 0 Å². The fraction of sp³-hybridized carbons (Fsp3) is 0.500. The maximum absolute atomic E-state index is 11.7. The third-order valence-electron chi connectivity index (χ3n) is 3.00. The smallest absolute Gasteiger partial charge is 0.239 e. The van der Waals surface area contributed by atoms with Crippen LogP contribution in [0.1, 0.15) is 37.3 Å². The quantitative estimate of drug-likeness (QED) is 0.713. The van der Waals surface area contributed by atoms with Crippen molar-refractivity contribution in [2.24, 2.45) is 0 Å². The van der Waals surface area contributed by atoms with Crippen molar-refractivity contribution in [2.75, 3.05) is 13.1 Å². The fourth-order valence-corrected chi connectivity index (χ4v) is 1.91. The van der Waals surface area contributed by atoms with Gasteiger partial charge in [-0.05, 0) is 18.9 Å². The van der Waals surface area contributed by atoms with E-state index in [2.05, 4.69) is 17.6 Å². The van der Waals surface area contributed by atoms with Crippen LogP contribution >= 0.6 is 0 Å². The Morgan fingerprint density at radius 3 is 2.60 bits per heavy atom. The number of hydrogen-bond acceptors (Lipinski definition) is 2. The number of carbonyl (C=O) groups is 2. The average molecular weight is 276 g/mol. The van der Waals surface area contributed by atoms with Crippen LogP contribution in [0.3, 0.4) is 0 Å². The van der Waals surface area contributed by atoms with E-state index in [9.17, 15) is 9.59 Å². The second-order valence-electron chi connectivity index (χ2n) is 5.00. The van der Waals surface area contributed by atoms with Gasteiger partial charge in [0.25, 0.3) is 0 Å². The summed E-state index contributed by atoms with van der Waals surface area (Å²) in [7, 11) is 0. The second-order valence-corrected chi connectivity index (χ2v) is 5.00. The lowest BCUT2D eigenvalue weighted by atomic mass is 10.1. The zero-order chi connectivity index (χ0) is 14.8. The molecule has 20 heavy (non-hydrogen) atoms. The SMILES string of the molecule is CCCCCNC(=O)CNC(=O)Cc1cccc(C)c1. The minimum atomic E-state index is -0.126. The molecule has 0 spiro atoms. The van der Waals surface area contributed by atoms with Gasteiger partial charge in [-0.1, -0.05) is 49.6 Å². The van der Waals surface area contributed by atoms with Gasteiger partial charge in [-0.25, -0.2) is 0 Å². The number of rotatable bonds is 8. The van der Waals surface area contributed by atoms with Gasteiger partial charge in [-0.15, -0.1) is 0 Å². The number of nitrogens with one attached hydrogen (secondary N) is 2. The molecular formula is C16H24N2O2. The predicted octanol–water partition coefficient (Wildman–Crippen LogP) is 1.96. The van der Waals surface area contributed by atoms with E-state index < -0.39 is 0 Å². The first-order chi connectivity index (χ1) is 9.61. The third kappa shape index (κ3) is 6.92. The van der Waals surface area contributed by atoms with E-state index in [1.165, 1.54) is 0 Å². The summed E-state index contributed by atoms with van der Waals surface area (Å²) in [5, 5.41) is 5.43. The lowest BCUT2D eigenvalue weighted by molar-refractivity contribution is -0.125. The van der Waals surface area contributed by atoms with Crippen molar-refractivity contribution in [3.05, 3.63) is 35.4 Å². The molecule has 110 valence electrons. The van der Waals surface area contributed by atoms with Crippen LogP contribution in [0.2, 0.25) is 0 Å². The summed E-state index contributed by atoms with van der Waals surface area (Å²) in [4.78, 5) is 23.2. The molecule has 0 unspecified atom stereocenters. The van der Waals surface area contributed by atoms with Gasteiger partial charge >= 0.3 is 0 Å². The summed E-state index contributed by atoms with van der Waals surface area (Å²) in [5.74, 6) is -0.252. The molecule has 1 aromatic rings. The molecule has 0 fully saturated rings. The molecule has 0 aromatic heterocycles. The number of hydrogen-bond donors (Lipinski definition) is 2. The van der Waals surface area contributed by atoms with Crippen molar-refractivity contribution in [1.29, 1.82) is 0 Å². The Morgan fingerprint density at radius 1 is 1.10 bits per heavy atom. The molecule has 2 N–H and O–H groups in total. The van der Waals surface area contributed by atoms with Crippen LogP contribution in [0.25, 0.3) is 0 Å². The van der Waals surface area contributed by atoms with Gasteiger partial charge in [-0.3, -0.25) is 9.59 Å². The first-order valence-electron chi connectivity index (χ1n) is 7.20. The Bertz CT molecular complexity index is 444. The lowest BCUT2D eigenvalue weighted by Gasteiger charge is -2.07. The molecule has 1 aromatic carbocycles. The van der Waals surface area contributed by atoms with E-state index in [-0.39, 0.29) is 18.4 Å². The van der Waals surface area contributed by atoms with Crippen LogP contribution in [0, 0.1) is 6.92 Å². The van der Waals surface area contributed by atoms with E-state index in [1.807, 2.05) is 31.2 Å². The molecular weight excluding hydrogens is 252 g/mol. The zero-order valence-corrected chi connectivity index (χ0v) is 12.4. The van der Waals surface area contributed by atoms with Crippen LogP contribution in [0.4, 0.5) is 0 Å². The Balaban J connectivity index is 2.21. The monoisotopic (exact) mass is 276 g/mol. The number of unbranched alkanes of at least 4 members (excludes halogenated alkanes) is 2. The molecule has 0 saturated heterocycles. The number of aryl methyl sites for hydroxylation is 1. The van der Waals surface area contributed by atoms with E-state index in [0.29, 0.717) is 13.0 Å². The molecule has 1 rings (SSSR count). The Kier molecular flexibility index (Phi) is 7.40. The number of carbonyl (C=O) groups excluding carboxylic acids is 2. The first kappa shape index (κ1) is 16.2. The summed E-state index contributed by atoms with van der Waals surface area (Å²) in [5.41, 5.74) is 2.09. The number of amides is 2. The van der Waals surface area contributed by atoms with Crippen molar-refractivity contribution in [1.82, 2.24) is 10.6 Å². The summed E-state index contributed by atoms with van der Waals surface area (Å²) in [6, 6.07) is 7.81. The highest BCUT2D eigenvalue weighted by Crippen LogP contribution is 2.04. The fourth-order valence-electron chi connectivity index (χ4n) is 1.91. The summed E-state index contributed by atoms with van der Waals surface area (Å²) in [6.07, 6.45) is 3.54. The Hall–Kier alpha value is -1.84. The molecule has 4 nitrogen and oxygen atoms in total. The van der Waals surface area contributed by atoms with Crippen LogP contribution in [-0.2, 0) is 16.0 Å². The van der Waals surface area contributed by atoms with E-state index >= 15 is 0 Å². The van der Waals surface area contributed by atoms with Crippen molar-refractivity contribution in [2.45, 2.75) is 39.5 Å². The molecule has 0 radical (unpaired) electrons. The molecule has 0 heterocycles. The standard InChI is InChI=1S/C16H24N2O2/c1-3-4-5-9-17-16(20)12-18-15(19)11-14-8-6-7-13(2)10-14/h6-8,10H,3-5,9,11-12H2,1-2H3,(H,17,20)(H,18,19). The van der Waals surface area contributed by atoms with Gasteiger partial charge < -0.3 is 10.6 Å². The molecule has 0 aliphatic heterocycles. The molecule has 0 bridgehead atoms. The van der Waals surface area contributed by atoms with Crippen molar-refractivity contribution in [3.8, 4) is 0 Å². The average Bonchev–Trinajstić information content (AvgIpc) is 2.41. The van der Waals surface area contributed by atoms with Crippen LogP contribution in [-0.4, -0.2) is 24.9 Å². The highest BCUT2D eigenvalue weighted by Gasteiger charge is 2.06. The minimum Gasteiger partial charge on any atom is -0.355 e. The van der Waals surface area contributed by atoms with Crippen LogP contribution < -0.4 is 10.6 Å². The minimum absolute atomic E-state index is 0.0524. The van der Waals surface area contributed by atoms with Crippen LogP contribution in [0.5, 0.6) is 0 Å². The molecule has 0 aliphatic rings. The second kappa shape index (κ2) is 9.13. The molecule has 0 atom stereocenters. The molecule has 4 heteroatoms. The maximum atomic E-state index is 11.7. The highest BCUT2D eigenvalue weighted by atomic mass is 16.2. The van der Waals surface area contributed by atoms with Gasteiger partial charge in [0.05, 0.1) is 13.0 Å². The van der Waals surface area contributed by atoms with E-state index in [1.54, 1.807) is 0 Å². The largest absolute Gasteiger partial charge is 0.355 e.